The van der Waals surface area contributed by atoms with E-state index in [9.17, 15) is 8.78 Å². The van der Waals surface area contributed by atoms with Gasteiger partial charge in [0.2, 0.25) is 0 Å². The van der Waals surface area contributed by atoms with E-state index in [1.807, 2.05) is 0 Å². The van der Waals surface area contributed by atoms with E-state index in [0.29, 0.717) is 23.4 Å². The van der Waals surface area contributed by atoms with Crippen LogP contribution in [0.3, 0.4) is 0 Å². The van der Waals surface area contributed by atoms with Gasteiger partial charge in [0.25, 0.3) is 0 Å². The van der Waals surface area contributed by atoms with Crippen LogP contribution in [0.2, 0.25) is 0 Å². The number of hydrogen-bond donors (Lipinski definition) is 1. The van der Waals surface area contributed by atoms with Gasteiger partial charge in [-0.15, -0.1) is 0 Å². The molecule has 0 spiro atoms. The first-order chi connectivity index (χ1) is 10.1. The number of rotatable bonds is 6. The van der Waals surface area contributed by atoms with Gasteiger partial charge in [0.15, 0.2) is 0 Å². The molecule has 0 aromatic heterocycles. The number of nitrogens with one attached hydrogen (secondary N) is 1. The van der Waals surface area contributed by atoms with Crippen LogP contribution < -0.4 is 5.32 Å². The van der Waals surface area contributed by atoms with Crippen molar-refractivity contribution in [3.05, 3.63) is 33.8 Å². The Kier molecular flexibility index (Phi) is 6.58. The monoisotopic (exact) mass is 361 g/mol. The highest BCUT2D eigenvalue weighted by molar-refractivity contribution is 9.10. The SMILES string of the molecule is CCCNC(Cc1c(F)ccc(Br)c1F)C1CCCOC1. The summed E-state index contributed by atoms with van der Waals surface area (Å²) in [7, 11) is 0. The molecule has 0 saturated carbocycles. The van der Waals surface area contributed by atoms with Gasteiger partial charge in [-0.05, 0) is 66.2 Å². The van der Waals surface area contributed by atoms with Crippen molar-refractivity contribution in [3.8, 4) is 0 Å². The van der Waals surface area contributed by atoms with Crippen molar-refractivity contribution in [1.82, 2.24) is 5.32 Å². The normalized spacial score (nSPS) is 20.5. The second-order valence-electron chi connectivity index (χ2n) is 5.56. The van der Waals surface area contributed by atoms with Gasteiger partial charge in [0, 0.05) is 18.2 Å². The van der Waals surface area contributed by atoms with Crippen LogP contribution in [0.1, 0.15) is 31.7 Å². The fraction of sp³-hybridized carbons (Fsp3) is 0.625. The Hall–Kier alpha value is -0.520. The van der Waals surface area contributed by atoms with Crippen molar-refractivity contribution in [3.63, 3.8) is 0 Å². The summed E-state index contributed by atoms with van der Waals surface area (Å²) in [6.45, 7) is 4.38. The molecule has 1 heterocycles. The van der Waals surface area contributed by atoms with E-state index in [-0.39, 0.29) is 11.6 Å². The van der Waals surface area contributed by atoms with E-state index in [2.05, 4.69) is 28.2 Å². The van der Waals surface area contributed by atoms with Crippen molar-refractivity contribution in [2.45, 2.75) is 38.6 Å². The molecule has 1 aromatic rings. The van der Waals surface area contributed by atoms with E-state index < -0.39 is 11.6 Å². The second kappa shape index (κ2) is 8.20. The molecule has 2 rings (SSSR count). The minimum atomic E-state index is -0.491. The molecule has 2 atom stereocenters. The number of halogens is 3. The molecule has 1 N–H and O–H groups in total. The highest BCUT2D eigenvalue weighted by atomic mass is 79.9. The zero-order valence-corrected chi connectivity index (χ0v) is 13.9. The van der Waals surface area contributed by atoms with Gasteiger partial charge >= 0.3 is 0 Å². The fourth-order valence-corrected chi connectivity index (χ4v) is 3.17. The van der Waals surface area contributed by atoms with Crippen LogP contribution in [0.4, 0.5) is 8.78 Å². The summed E-state index contributed by atoms with van der Waals surface area (Å²) >= 11 is 3.13. The van der Waals surface area contributed by atoms with Gasteiger partial charge < -0.3 is 10.1 Å². The predicted molar refractivity (Wildman–Crippen MR) is 83.4 cm³/mol. The van der Waals surface area contributed by atoms with E-state index >= 15 is 0 Å². The smallest absolute Gasteiger partial charge is 0.143 e. The Labute approximate surface area is 133 Å². The Balaban J connectivity index is 2.15. The molecular weight excluding hydrogens is 340 g/mol. The van der Waals surface area contributed by atoms with E-state index in [0.717, 1.165) is 32.4 Å². The van der Waals surface area contributed by atoms with Crippen LogP contribution in [0.25, 0.3) is 0 Å². The molecule has 2 unspecified atom stereocenters. The molecule has 21 heavy (non-hydrogen) atoms. The van der Waals surface area contributed by atoms with Crippen LogP contribution in [0.15, 0.2) is 16.6 Å². The summed E-state index contributed by atoms with van der Waals surface area (Å²) in [5.74, 6) is -0.658. The summed E-state index contributed by atoms with van der Waals surface area (Å²) in [4.78, 5) is 0. The molecule has 0 aliphatic carbocycles. The van der Waals surface area contributed by atoms with Crippen LogP contribution in [0, 0.1) is 17.6 Å². The van der Waals surface area contributed by atoms with Crippen LogP contribution >= 0.6 is 15.9 Å². The highest BCUT2D eigenvalue weighted by Gasteiger charge is 2.26. The average molecular weight is 362 g/mol. The lowest BCUT2D eigenvalue weighted by atomic mass is 9.89. The molecule has 0 amide bonds. The Morgan fingerprint density at radius 3 is 2.90 bits per heavy atom. The van der Waals surface area contributed by atoms with Crippen molar-refractivity contribution >= 4 is 15.9 Å². The first-order valence-corrected chi connectivity index (χ1v) is 8.36. The van der Waals surface area contributed by atoms with Crippen molar-refractivity contribution in [1.29, 1.82) is 0 Å². The molecule has 1 aliphatic rings. The Bertz CT molecular complexity index is 464. The first-order valence-electron chi connectivity index (χ1n) is 7.57. The second-order valence-corrected chi connectivity index (χ2v) is 6.42. The molecule has 0 radical (unpaired) electrons. The third-order valence-electron chi connectivity index (χ3n) is 3.98. The van der Waals surface area contributed by atoms with E-state index in [1.54, 1.807) is 0 Å². The van der Waals surface area contributed by atoms with Crippen molar-refractivity contribution in [2.75, 3.05) is 19.8 Å². The van der Waals surface area contributed by atoms with Gasteiger partial charge in [-0.2, -0.15) is 0 Å². The van der Waals surface area contributed by atoms with Gasteiger partial charge in [0.05, 0.1) is 11.1 Å². The average Bonchev–Trinajstić information content (AvgIpc) is 2.51. The molecule has 1 saturated heterocycles. The molecule has 1 aromatic carbocycles. The molecule has 1 aliphatic heterocycles. The minimum absolute atomic E-state index is 0.0450. The largest absolute Gasteiger partial charge is 0.381 e. The number of hydrogen-bond acceptors (Lipinski definition) is 2. The first kappa shape index (κ1) is 16.8. The summed E-state index contributed by atoms with van der Waals surface area (Å²) in [6.07, 6.45) is 3.40. The van der Waals surface area contributed by atoms with Crippen molar-refractivity contribution < 1.29 is 13.5 Å². The Morgan fingerprint density at radius 1 is 1.43 bits per heavy atom. The maximum absolute atomic E-state index is 14.2. The van der Waals surface area contributed by atoms with Crippen LogP contribution in [0.5, 0.6) is 0 Å². The highest BCUT2D eigenvalue weighted by Crippen LogP contribution is 2.26. The lowest BCUT2D eigenvalue weighted by Gasteiger charge is -2.31. The predicted octanol–water partition coefficient (Wildman–Crippen LogP) is 4.06. The lowest BCUT2D eigenvalue weighted by Crippen LogP contribution is -2.42. The maximum atomic E-state index is 14.2. The van der Waals surface area contributed by atoms with Crippen LogP contribution in [-0.4, -0.2) is 25.8 Å². The molecule has 2 nitrogen and oxygen atoms in total. The van der Waals surface area contributed by atoms with E-state index in [4.69, 9.17) is 4.74 Å². The summed E-state index contributed by atoms with van der Waals surface area (Å²) in [5, 5.41) is 3.43. The standard InChI is InChI=1S/C16H22BrF2NO/c1-2-7-20-15(11-4-3-8-21-10-11)9-12-14(18)6-5-13(17)16(12)19/h5-6,11,15,20H,2-4,7-10H2,1H3. The molecule has 118 valence electrons. The minimum Gasteiger partial charge on any atom is -0.381 e. The fourth-order valence-electron chi connectivity index (χ4n) is 2.79. The summed E-state index contributed by atoms with van der Waals surface area (Å²) in [6, 6.07) is 2.77. The van der Waals surface area contributed by atoms with Gasteiger partial charge in [-0.3, -0.25) is 0 Å². The molecular formula is C16H22BrF2NO. The molecule has 1 fully saturated rings. The van der Waals surface area contributed by atoms with E-state index in [1.165, 1.54) is 12.1 Å². The molecule has 0 bridgehead atoms. The summed E-state index contributed by atoms with van der Waals surface area (Å²) < 4.78 is 34.0. The third kappa shape index (κ3) is 4.47. The van der Waals surface area contributed by atoms with Gasteiger partial charge in [-0.1, -0.05) is 6.92 Å². The topological polar surface area (TPSA) is 21.3 Å². The maximum Gasteiger partial charge on any atom is 0.143 e. The Morgan fingerprint density at radius 2 is 2.24 bits per heavy atom. The molecule has 5 heteroatoms. The summed E-state index contributed by atoms with van der Waals surface area (Å²) in [5.41, 5.74) is 0.156. The number of benzene rings is 1. The third-order valence-corrected chi connectivity index (χ3v) is 4.60. The van der Waals surface area contributed by atoms with Gasteiger partial charge in [0.1, 0.15) is 11.6 Å². The van der Waals surface area contributed by atoms with Gasteiger partial charge in [-0.25, -0.2) is 8.78 Å². The number of ether oxygens (including phenoxy) is 1. The van der Waals surface area contributed by atoms with Crippen molar-refractivity contribution in [2.24, 2.45) is 5.92 Å². The van der Waals surface area contributed by atoms with Crippen LogP contribution in [-0.2, 0) is 11.2 Å². The lowest BCUT2D eigenvalue weighted by molar-refractivity contribution is 0.0391. The zero-order chi connectivity index (χ0) is 15.2. The quantitative estimate of drug-likeness (QED) is 0.771. The zero-order valence-electron chi connectivity index (χ0n) is 12.3.